The molecule has 0 aliphatic heterocycles. The van der Waals surface area contributed by atoms with E-state index in [1.165, 1.54) is 6.07 Å². The minimum Gasteiger partial charge on any atom is -1.00 e. The Labute approximate surface area is 241 Å². The summed E-state index contributed by atoms with van der Waals surface area (Å²) in [5, 5.41) is 42.8. The summed E-state index contributed by atoms with van der Waals surface area (Å²) >= 11 is 0. The SMILES string of the molecule is CC([NH2+]CCNc1ccc([N+](=O)[O-])c(NCC[NH2+]C(C)C(O)c2ccccc2)n1)C(O)c1ccccc1.[Cl-].[Cl-]. The number of benzene rings is 2. The number of hydrogen-bond acceptors (Lipinski definition) is 7. The fourth-order valence-corrected chi connectivity index (χ4v) is 4.08. The average Bonchev–Trinajstić information content (AvgIpc) is 2.93. The molecular formula is C27H38Cl2N6O4. The maximum absolute atomic E-state index is 11.5. The molecule has 0 spiro atoms. The van der Waals surface area contributed by atoms with Gasteiger partial charge in [-0.25, -0.2) is 4.98 Å². The molecule has 0 amide bonds. The predicted molar refractivity (Wildman–Crippen MR) is 143 cm³/mol. The molecule has 1 aromatic heterocycles. The standard InChI is InChI=1S/C27H36N6O4.2ClH/c1-19(25(34)21-9-5-3-6-10-21)28-15-17-30-24-14-13-23(33(36)37)27(32-24)31-18-16-29-20(2)26(35)22-11-7-4-8-12-22;;/h3-14,19-20,25-26,28-29,34-35H,15-18H2,1-2H3,(H2,30,31,32);2*1H. The topological polar surface area (TPSA) is 154 Å². The van der Waals surface area contributed by atoms with Gasteiger partial charge in [0.05, 0.1) is 31.1 Å². The van der Waals surface area contributed by atoms with Crippen molar-refractivity contribution in [3.8, 4) is 0 Å². The number of nitrogens with zero attached hydrogens (tertiary/aromatic N) is 2. The summed E-state index contributed by atoms with van der Waals surface area (Å²) in [6.45, 7) is 6.26. The molecule has 0 radical (unpaired) electrons. The molecule has 0 aliphatic rings. The highest BCUT2D eigenvalue weighted by molar-refractivity contribution is 5.60. The van der Waals surface area contributed by atoms with E-state index in [0.717, 1.165) is 11.1 Å². The number of nitrogens with two attached hydrogens (primary N) is 2. The Bertz CT molecular complexity index is 1110. The number of nitro groups is 1. The van der Waals surface area contributed by atoms with Gasteiger partial charge < -0.3 is 56.3 Å². The predicted octanol–water partition coefficient (Wildman–Crippen LogP) is -4.81. The maximum atomic E-state index is 11.5. The van der Waals surface area contributed by atoms with Gasteiger partial charge in [0.2, 0.25) is 5.82 Å². The van der Waals surface area contributed by atoms with E-state index in [0.29, 0.717) is 32.0 Å². The van der Waals surface area contributed by atoms with Crippen LogP contribution >= 0.6 is 0 Å². The van der Waals surface area contributed by atoms with Crippen molar-refractivity contribution in [3.63, 3.8) is 0 Å². The number of rotatable bonds is 15. The molecule has 8 N–H and O–H groups in total. The van der Waals surface area contributed by atoms with Crippen LogP contribution in [0.2, 0.25) is 0 Å². The number of nitrogens with one attached hydrogen (secondary N) is 2. The minimum absolute atomic E-state index is 0. The summed E-state index contributed by atoms with van der Waals surface area (Å²) < 4.78 is 0. The highest BCUT2D eigenvalue weighted by atomic mass is 35.5. The van der Waals surface area contributed by atoms with Crippen molar-refractivity contribution in [1.29, 1.82) is 0 Å². The van der Waals surface area contributed by atoms with Crippen molar-refractivity contribution in [3.05, 3.63) is 94.0 Å². The molecule has 0 bridgehead atoms. The van der Waals surface area contributed by atoms with E-state index in [4.69, 9.17) is 0 Å². The number of anilines is 2. The monoisotopic (exact) mass is 580 g/mol. The summed E-state index contributed by atoms with van der Waals surface area (Å²) in [7, 11) is 0. The van der Waals surface area contributed by atoms with Crippen molar-refractivity contribution < 1.29 is 50.6 Å². The van der Waals surface area contributed by atoms with Gasteiger partial charge in [0, 0.05) is 6.07 Å². The molecule has 214 valence electrons. The van der Waals surface area contributed by atoms with Gasteiger partial charge in [0.1, 0.15) is 30.1 Å². The lowest BCUT2D eigenvalue weighted by atomic mass is 10.0. The second-order valence-electron chi connectivity index (χ2n) is 9.15. The lowest BCUT2D eigenvalue weighted by molar-refractivity contribution is -0.692. The fourth-order valence-electron chi connectivity index (χ4n) is 4.08. The first-order chi connectivity index (χ1) is 17.9. The molecule has 0 fully saturated rings. The van der Waals surface area contributed by atoms with Crippen LogP contribution in [0.3, 0.4) is 0 Å². The number of halogens is 2. The third-order valence-corrected chi connectivity index (χ3v) is 6.31. The van der Waals surface area contributed by atoms with E-state index < -0.39 is 17.1 Å². The van der Waals surface area contributed by atoms with E-state index in [2.05, 4.69) is 20.9 Å². The minimum atomic E-state index is -0.602. The zero-order valence-corrected chi connectivity index (χ0v) is 23.6. The van der Waals surface area contributed by atoms with Crippen molar-refractivity contribution in [1.82, 2.24) is 4.98 Å². The van der Waals surface area contributed by atoms with Crippen LogP contribution in [0, 0.1) is 10.1 Å². The number of aromatic nitrogens is 1. The Morgan fingerprint density at radius 1 is 0.795 bits per heavy atom. The molecule has 0 saturated carbocycles. The van der Waals surface area contributed by atoms with Crippen molar-refractivity contribution in [2.75, 3.05) is 36.8 Å². The number of quaternary nitrogens is 2. The third-order valence-electron chi connectivity index (χ3n) is 6.31. The lowest BCUT2D eigenvalue weighted by Crippen LogP contribution is -3.00. The molecule has 10 nitrogen and oxygen atoms in total. The summed E-state index contributed by atoms with van der Waals surface area (Å²) in [5.74, 6) is 0.742. The van der Waals surface area contributed by atoms with E-state index >= 15 is 0 Å². The van der Waals surface area contributed by atoms with Crippen LogP contribution in [-0.2, 0) is 0 Å². The lowest BCUT2D eigenvalue weighted by Gasteiger charge is -2.18. The number of pyridine rings is 1. The zero-order valence-electron chi connectivity index (χ0n) is 22.1. The highest BCUT2D eigenvalue weighted by Gasteiger charge is 2.20. The van der Waals surface area contributed by atoms with Crippen LogP contribution in [0.1, 0.15) is 37.2 Å². The summed E-state index contributed by atoms with van der Waals surface area (Å²) in [4.78, 5) is 15.4. The van der Waals surface area contributed by atoms with Crippen LogP contribution in [0.25, 0.3) is 0 Å². The largest absolute Gasteiger partial charge is 1.00 e. The quantitative estimate of drug-likeness (QED) is 0.0599. The molecule has 4 unspecified atom stereocenters. The molecule has 3 aromatic rings. The molecule has 0 aliphatic carbocycles. The van der Waals surface area contributed by atoms with Gasteiger partial charge in [-0.1, -0.05) is 60.7 Å². The summed E-state index contributed by atoms with van der Waals surface area (Å²) in [5.41, 5.74) is 1.65. The number of aliphatic hydroxyl groups excluding tert-OH is 2. The Hall–Kier alpha value is -2.99. The Kier molecular flexibility index (Phi) is 15.3. The van der Waals surface area contributed by atoms with E-state index in [9.17, 15) is 20.3 Å². The van der Waals surface area contributed by atoms with Gasteiger partial charge in [0.25, 0.3) is 0 Å². The van der Waals surface area contributed by atoms with Crippen LogP contribution in [-0.4, -0.2) is 58.4 Å². The van der Waals surface area contributed by atoms with Gasteiger partial charge in [-0.15, -0.1) is 0 Å². The van der Waals surface area contributed by atoms with Crippen LogP contribution in [0.5, 0.6) is 0 Å². The normalized spacial score (nSPS) is 13.6. The van der Waals surface area contributed by atoms with Gasteiger partial charge in [-0.05, 0) is 31.0 Å². The molecular weight excluding hydrogens is 543 g/mol. The number of hydrogen-bond donors (Lipinski definition) is 6. The van der Waals surface area contributed by atoms with Gasteiger partial charge in [-0.3, -0.25) is 10.1 Å². The van der Waals surface area contributed by atoms with Gasteiger partial charge in [0.15, 0.2) is 0 Å². The van der Waals surface area contributed by atoms with Gasteiger partial charge >= 0.3 is 5.69 Å². The Morgan fingerprint density at radius 2 is 1.26 bits per heavy atom. The Balaban J connectivity index is 0.00000380. The summed E-state index contributed by atoms with van der Waals surface area (Å²) in [6, 6.07) is 22.0. The highest BCUT2D eigenvalue weighted by Crippen LogP contribution is 2.23. The first-order valence-electron chi connectivity index (χ1n) is 12.6. The van der Waals surface area contributed by atoms with Crippen LogP contribution in [0.4, 0.5) is 17.3 Å². The molecule has 2 aromatic carbocycles. The van der Waals surface area contributed by atoms with E-state index in [-0.39, 0.29) is 48.4 Å². The van der Waals surface area contributed by atoms with E-state index in [1.807, 2.05) is 79.8 Å². The maximum Gasteiger partial charge on any atom is 0.311 e. The Morgan fingerprint density at radius 3 is 1.72 bits per heavy atom. The fraction of sp³-hybridized carbons (Fsp3) is 0.370. The second-order valence-corrected chi connectivity index (χ2v) is 9.15. The summed E-state index contributed by atoms with van der Waals surface area (Å²) in [6.07, 6.45) is -1.17. The van der Waals surface area contributed by atoms with Gasteiger partial charge in [-0.2, -0.15) is 0 Å². The smallest absolute Gasteiger partial charge is 0.311 e. The van der Waals surface area contributed by atoms with Crippen LogP contribution in [0.15, 0.2) is 72.8 Å². The first kappa shape index (κ1) is 34.0. The average molecular weight is 582 g/mol. The van der Waals surface area contributed by atoms with E-state index in [1.54, 1.807) is 6.07 Å². The molecule has 12 heteroatoms. The molecule has 0 saturated heterocycles. The third kappa shape index (κ3) is 10.6. The second kappa shape index (κ2) is 17.6. The van der Waals surface area contributed by atoms with Crippen LogP contribution < -0.4 is 46.1 Å². The molecule has 39 heavy (non-hydrogen) atoms. The molecule has 1 heterocycles. The van der Waals surface area contributed by atoms with Crippen molar-refractivity contribution in [2.24, 2.45) is 0 Å². The molecule has 3 rings (SSSR count). The number of aliphatic hydroxyl groups is 2. The first-order valence-corrected chi connectivity index (χ1v) is 12.6. The molecule has 4 atom stereocenters. The van der Waals surface area contributed by atoms with Crippen molar-refractivity contribution in [2.45, 2.75) is 38.1 Å². The van der Waals surface area contributed by atoms with Crippen molar-refractivity contribution >= 4 is 17.3 Å². The zero-order chi connectivity index (χ0) is 26.6.